The van der Waals surface area contributed by atoms with Gasteiger partial charge in [-0.15, -0.1) is 0 Å². The number of nitrogens with two attached hydrogens (primary N) is 1. The monoisotopic (exact) mass is 241 g/mol. The average molecular weight is 241 g/mol. The number of aliphatic imine (C=N–C) groups is 1. The van der Waals surface area contributed by atoms with Crippen molar-refractivity contribution in [2.24, 2.45) is 16.6 Å². The highest BCUT2D eigenvalue weighted by Gasteiger charge is 2.16. The molecule has 4 nitrogen and oxygen atoms in total. The number of hydrogen-bond acceptors (Lipinski definition) is 2. The van der Waals surface area contributed by atoms with Gasteiger partial charge in [-0.2, -0.15) is 0 Å². The molecule has 100 valence electrons. The molecule has 0 unspecified atom stereocenters. The van der Waals surface area contributed by atoms with E-state index in [0.717, 1.165) is 32.0 Å². The first-order valence-electron chi connectivity index (χ1n) is 6.86. The molecule has 0 atom stereocenters. The number of guanidine groups is 1. The molecule has 1 saturated heterocycles. The van der Waals surface area contributed by atoms with Gasteiger partial charge < -0.3 is 15.4 Å². The molecule has 0 spiro atoms. The lowest BCUT2D eigenvalue weighted by atomic mass is 10.00. The number of ether oxygens (including phenoxy) is 1. The number of rotatable bonds is 6. The molecular formula is C13H27N3O. The maximum Gasteiger partial charge on any atom is 0.191 e. The van der Waals surface area contributed by atoms with Crippen molar-refractivity contribution in [2.75, 3.05) is 32.8 Å². The maximum absolute atomic E-state index is 5.96. The molecule has 1 aliphatic rings. The summed E-state index contributed by atoms with van der Waals surface area (Å²) in [5.74, 6) is 1.52. The molecule has 0 aromatic carbocycles. The van der Waals surface area contributed by atoms with Gasteiger partial charge in [0.2, 0.25) is 0 Å². The van der Waals surface area contributed by atoms with E-state index in [4.69, 9.17) is 10.5 Å². The Labute approximate surface area is 105 Å². The zero-order valence-electron chi connectivity index (χ0n) is 11.3. The van der Waals surface area contributed by atoms with Crippen LogP contribution in [0.15, 0.2) is 4.99 Å². The third-order valence-electron chi connectivity index (χ3n) is 3.26. The lowest BCUT2D eigenvalue weighted by Gasteiger charge is -2.31. The standard InChI is InChI=1S/C13H27N3O/c1-3-4-10-17-11-7-15-13(14)16-8-5-12(2)6-9-16/h12H,3-11H2,1-2H3,(H2,14,15). The summed E-state index contributed by atoms with van der Waals surface area (Å²) in [6.07, 6.45) is 4.76. The highest BCUT2D eigenvalue weighted by atomic mass is 16.5. The molecule has 1 rings (SSSR count). The van der Waals surface area contributed by atoms with Crippen molar-refractivity contribution in [2.45, 2.75) is 39.5 Å². The predicted octanol–water partition coefficient (Wildman–Crippen LogP) is 1.85. The summed E-state index contributed by atoms with van der Waals surface area (Å²) in [6.45, 7) is 8.77. The van der Waals surface area contributed by atoms with Crippen molar-refractivity contribution in [1.29, 1.82) is 0 Å². The minimum absolute atomic E-state index is 0.682. The van der Waals surface area contributed by atoms with E-state index in [-0.39, 0.29) is 0 Å². The molecule has 0 aromatic rings. The summed E-state index contributed by atoms with van der Waals surface area (Å²) in [5.41, 5.74) is 5.96. The average Bonchev–Trinajstić information content (AvgIpc) is 2.34. The van der Waals surface area contributed by atoms with Gasteiger partial charge in [-0.25, -0.2) is 0 Å². The molecule has 1 fully saturated rings. The van der Waals surface area contributed by atoms with Crippen LogP contribution in [-0.2, 0) is 4.74 Å². The van der Waals surface area contributed by atoms with Crippen LogP contribution < -0.4 is 5.73 Å². The Hall–Kier alpha value is -0.770. The Bertz CT molecular complexity index is 223. The first-order valence-corrected chi connectivity index (χ1v) is 6.86. The molecule has 17 heavy (non-hydrogen) atoms. The fourth-order valence-corrected chi connectivity index (χ4v) is 1.91. The Balaban J connectivity index is 2.11. The van der Waals surface area contributed by atoms with Crippen molar-refractivity contribution >= 4 is 5.96 Å². The molecule has 2 N–H and O–H groups in total. The third-order valence-corrected chi connectivity index (χ3v) is 3.26. The number of hydrogen-bond donors (Lipinski definition) is 1. The molecule has 0 saturated carbocycles. The van der Waals surface area contributed by atoms with Crippen molar-refractivity contribution in [1.82, 2.24) is 4.90 Å². The van der Waals surface area contributed by atoms with E-state index in [1.807, 2.05) is 0 Å². The van der Waals surface area contributed by atoms with Crippen LogP contribution in [-0.4, -0.2) is 43.7 Å². The fourth-order valence-electron chi connectivity index (χ4n) is 1.91. The summed E-state index contributed by atoms with van der Waals surface area (Å²) >= 11 is 0. The Morgan fingerprint density at radius 1 is 1.35 bits per heavy atom. The second-order valence-electron chi connectivity index (χ2n) is 4.88. The predicted molar refractivity (Wildman–Crippen MR) is 72.2 cm³/mol. The van der Waals surface area contributed by atoms with Crippen molar-refractivity contribution < 1.29 is 4.74 Å². The number of unbranched alkanes of at least 4 members (excludes halogenated alkanes) is 1. The summed E-state index contributed by atoms with van der Waals surface area (Å²) in [5, 5.41) is 0. The van der Waals surface area contributed by atoms with E-state index in [0.29, 0.717) is 19.1 Å². The number of piperidine rings is 1. The van der Waals surface area contributed by atoms with Gasteiger partial charge in [0.25, 0.3) is 0 Å². The number of likely N-dealkylation sites (tertiary alicyclic amines) is 1. The zero-order valence-corrected chi connectivity index (χ0v) is 11.3. The Kier molecular flexibility index (Phi) is 7.01. The van der Waals surface area contributed by atoms with Crippen molar-refractivity contribution in [3.63, 3.8) is 0 Å². The Morgan fingerprint density at radius 3 is 2.71 bits per heavy atom. The normalized spacial score (nSPS) is 18.7. The molecule has 0 aromatic heterocycles. The minimum Gasteiger partial charge on any atom is -0.380 e. The topological polar surface area (TPSA) is 50.9 Å². The van der Waals surface area contributed by atoms with Gasteiger partial charge in [0.1, 0.15) is 0 Å². The smallest absolute Gasteiger partial charge is 0.191 e. The van der Waals surface area contributed by atoms with E-state index >= 15 is 0 Å². The third kappa shape index (κ3) is 5.91. The highest BCUT2D eigenvalue weighted by Crippen LogP contribution is 2.15. The lowest BCUT2D eigenvalue weighted by molar-refractivity contribution is 0.138. The first-order chi connectivity index (χ1) is 8.24. The van der Waals surface area contributed by atoms with E-state index in [9.17, 15) is 0 Å². The summed E-state index contributed by atoms with van der Waals surface area (Å²) in [7, 11) is 0. The van der Waals surface area contributed by atoms with Crippen LogP contribution in [0.1, 0.15) is 39.5 Å². The quantitative estimate of drug-likeness (QED) is 0.438. The maximum atomic E-state index is 5.96. The van der Waals surface area contributed by atoms with Crippen molar-refractivity contribution in [3.05, 3.63) is 0 Å². The van der Waals surface area contributed by atoms with Crippen LogP contribution in [0.5, 0.6) is 0 Å². The van der Waals surface area contributed by atoms with Gasteiger partial charge in [-0.05, 0) is 25.2 Å². The molecule has 0 aliphatic carbocycles. The first kappa shape index (κ1) is 14.3. The zero-order chi connectivity index (χ0) is 12.5. The summed E-state index contributed by atoms with van der Waals surface area (Å²) in [6, 6.07) is 0. The van der Waals surface area contributed by atoms with Crippen LogP contribution in [0.3, 0.4) is 0 Å². The molecule has 4 heteroatoms. The van der Waals surface area contributed by atoms with Crippen LogP contribution in [0, 0.1) is 5.92 Å². The van der Waals surface area contributed by atoms with Crippen molar-refractivity contribution in [3.8, 4) is 0 Å². The number of nitrogens with zero attached hydrogens (tertiary/aromatic N) is 2. The molecule has 0 amide bonds. The Morgan fingerprint density at radius 2 is 2.06 bits per heavy atom. The largest absolute Gasteiger partial charge is 0.380 e. The van der Waals surface area contributed by atoms with Gasteiger partial charge >= 0.3 is 0 Å². The van der Waals surface area contributed by atoms with E-state index in [2.05, 4.69) is 23.7 Å². The van der Waals surface area contributed by atoms with E-state index in [1.165, 1.54) is 19.3 Å². The van der Waals surface area contributed by atoms with Crippen LogP contribution in [0.25, 0.3) is 0 Å². The van der Waals surface area contributed by atoms with Crippen LogP contribution in [0.2, 0.25) is 0 Å². The molecular weight excluding hydrogens is 214 g/mol. The lowest BCUT2D eigenvalue weighted by Crippen LogP contribution is -2.42. The van der Waals surface area contributed by atoms with Gasteiger partial charge in [0.15, 0.2) is 5.96 Å². The SMILES string of the molecule is CCCCOCCN=C(N)N1CCC(C)CC1. The van der Waals surface area contributed by atoms with E-state index in [1.54, 1.807) is 0 Å². The second-order valence-corrected chi connectivity index (χ2v) is 4.88. The molecule has 0 radical (unpaired) electrons. The van der Waals surface area contributed by atoms with Gasteiger partial charge in [-0.3, -0.25) is 4.99 Å². The van der Waals surface area contributed by atoms with Gasteiger partial charge in [-0.1, -0.05) is 20.3 Å². The second kappa shape index (κ2) is 8.34. The van der Waals surface area contributed by atoms with Gasteiger partial charge in [0, 0.05) is 19.7 Å². The van der Waals surface area contributed by atoms with E-state index < -0.39 is 0 Å². The molecule has 0 bridgehead atoms. The highest BCUT2D eigenvalue weighted by molar-refractivity contribution is 5.78. The minimum atomic E-state index is 0.682. The van der Waals surface area contributed by atoms with Crippen LogP contribution >= 0.6 is 0 Å². The molecule has 1 heterocycles. The summed E-state index contributed by atoms with van der Waals surface area (Å²) in [4.78, 5) is 6.55. The summed E-state index contributed by atoms with van der Waals surface area (Å²) < 4.78 is 5.45. The van der Waals surface area contributed by atoms with Gasteiger partial charge in [0.05, 0.1) is 13.2 Å². The fraction of sp³-hybridized carbons (Fsp3) is 0.923. The molecule has 1 aliphatic heterocycles. The van der Waals surface area contributed by atoms with Crippen LogP contribution in [0.4, 0.5) is 0 Å².